The van der Waals surface area contributed by atoms with E-state index in [1.165, 1.54) is 11.3 Å². The molecule has 1 atom stereocenters. The van der Waals surface area contributed by atoms with Gasteiger partial charge in [0.1, 0.15) is 5.75 Å². The molecule has 2 aromatic carbocycles. The molecule has 206 valence electrons. The summed E-state index contributed by atoms with van der Waals surface area (Å²) in [6, 6.07) is 19.1. The zero-order chi connectivity index (χ0) is 28.4. The van der Waals surface area contributed by atoms with Crippen LogP contribution in [-0.4, -0.2) is 28.8 Å². The summed E-state index contributed by atoms with van der Waals surface area (Å²) in [5, 5.41) is 0. The number of carbonyl (C=O) groups is 1. The first-order valence-corrected chi connectivity index (χ1v) is 14.3. The molecule has 0 saturated heterocycles. The van der Waals surface area contributed by atoms with Crippen molar-refractivity contribution in [2.24, 2.45) is 4.99 Å². The van der Waals surface area contributed by atoms with Crippen LogP contribution in [0.3, 0.4) is 0 Å². The molecule has 8 heteroatoms. The monoisotopic (exact) mass is 555 g/mol. The van der Waals surface area contributed by atoms with Crippen LogP contribution < -0.4 is 19.6 Å². The molecular weight excluding hydrogens is 522 g/mol. The fraction of sp³-hybridized carbons (Fsp3) is 0.281. The lowest BCUT2D eigenvalue weighted by Gasteiger charge is -2.26. The van der Waals surface area contributed by atoms with Gasteiger partial charge in [-0.15, -0.1) is 0 Å². The fourth-order valence-electron chi connectivity index (χ4n) is 5.30. The molecule has 5 rings (SSSR count). The second-order valence-corrected chi connectivity index (χ2v) is 10.7. The van der Waals surface area contributed by atoms with Gasteiger partial charge in [-0.2, -0.15) is 0 Å². The number of para-hydroxylation sites is 1. The molecular formula is C32H33N3O4S. The van der Waals surface area contributed by atoms with Crippen LogP contribution in [-0.2, 0) is 9.53 Å². The molecule has 1 aliphatic heterocycles. The number of esters is 1. The first kappa shape index (κ1) is 27.4. The molecule has 0 aliphatic carbocycles. The number of hydrogen-bond acceptors (Lipinski definition) is 6. The van der Waals surface area contributed by atoms with Gasteiger partial charge in [0.05, 0.1) is 35.6 Å². The Hall–Kier alpha value is -4.17. The summed E-state index contributed by atoms with van der Waals surface area (Å²) >= 11 is 1.34. The van der Waals surface area contributed by atoms with E-state index in [1.54, 1.807) is 18.6 Å². The SMILES string of the molecule is CCCC1=C(C(=O)OCC)[C@H](c2cccc(OC)c2)n2c(s/c(=C\c3cc(C)n(-c4ccccc4)c3C)c2=O)=N1. The number of aryl methyl sites for hydroxylation is 1. The second-order valence-electron chi connectivity index (χ2n) is 9.69. The highest BCUT2D eigenvalue weighted by Crippen LogP contribution is 2.34. The standard InChI is InChI=1S/C32H33N3O4S/c1-6-12-26-28(31(37)39-7-2)29(22-13-11-16-25(18-22)38-5)35-30(36)27(40-32(35)33-26)19-23-17-20(3)34(21(23)4)24-14-9-8-10-15-24/h8-11,13-19,29H,6-7,12H2,1-5H3/b27-19-/t29-/m0/s1. The first-order valence-electron chi connectivity index (χ1n) is 13.5. The van der Waals surface area contributed by atoms with Gasteiger partial charge in [0.15, 0.2) is 4.80 Å². The molecule has 0 N–H and O–H groups in total. The number of thiazole rings is 1. The van der Waals surface area contributed by atoms with Gasteiger partial charge in [0.25, 0.3) is 5.56 Å². The highest BCUT2D eigenvalue weighted by Gasteiger charge is 2.34. The predicted octanol–water partition coefficient (Wildman–Crippen LogP) is 4.99. The molecule has 0 unspecified atom stereocenters. The third-order valence-electron chi connectivity index (χ3n) is 7.07. The van der Waals surface area contributed by atoms with Crippen molar-refractivity contribution in [3.8, 4) is 11.4 Å². The van der Waals surface area contributed by atoms with Gasteiger partial charge in [-0.25, -0.2) is 9.79 Å². The highest BCUT2D eigenvalue weighted by atomic mass is 32.1. The summed E-state index contributed by atoms with van der Waals surface area (Å²) < 4.78 is 15.3. The van der Waals surface area contributed by atoms with Crippen molar-refractivity contribution in [2.75, 3.05) is 13.7 Å². The van der Waals surface area contributed by atoms with Crippen LogP contribution in [0.4, 0.5) is 0 Å². The Morgan fingerprint density at radius 1 is 1.07 bits per heavy atom. The number of fused-ring (bicyclic) bond motifs is 1. The molecule has 1 aliphatic rings. The van der Waals surface area contributed by atoms with Crippen LogP contribution in [0.15, 0.2) is 81.7 Å². The van der Waals surface area contributed by atoms with E-state index in [1.807, 2.05) is 55.5 Å². The van der Waals surface area contributed by atoms with E-state index >= 15 is 0 Å². The smallest absolute Gasteiger partial charge is 0.338 e. The molecule has 7 nitrogen and oxygen atoms in total. The van der Waals surface area contributed by atoms with Gasteiger partial charge >= 0.3 is 5.97 Å². The van der Waals surface area contributed by atoms with E-state index in [-0.39, 0.29) is 12.2 Å². The van der Waals surface area contributed by atoms with Crippen LogP contribution >= 0.6 is 11.3 Å². The average molecular weight is 556 g/mol. The number of methoxy groups -OCH3 is 1. The van der Waals surface area contributed by atoms with E-state index < -0.39 is 12.0 Å². The number of benzene rings is 2. The van der Waals surface area contributed by atoms with Gasteiger partial charge in [-0.05, 0) is 74.7 Å². The summed E-state index contributed by atoms with van der Waals surface area (Å²) in [5.74, 6) is 0.188. The van der Waals surface area contributed by atoms with Crippen LogP contribution in [0, 0.1) is 13.8 Å². The van der Waals surface area contributed by atoms with Crippen LogP contribution in [0.5, 0.6) is 5.75 Å². The third kappa shape index (κ3) is 4.95. The predicted molar refractivity (Wildman–Crippen MR) is 158 cm³/mol. The molecule has 0 fully saturated rings. The second kappa shape index (κ2) is 11.5. The highest BCUT2D eigenvalue weighted by molar-refractivity contribution is 7.07. The van der Waals surface area contributed by atoms with E-state index in [0.717, 1.165) is 34.6 Å². The van der Waals surface area contributed by atoms with Gasteiger partial charge in [-0.1, -0.05) is 55.0 Å². The molecule has 3 heterocycles. The van der Waals surface area contributed by atoms with Gasteiger partial charge < -0.3 is 14.0 Å². The topological polar surface area (TPSA) is 74.8 Å². The minimum absolute atomic E-state index is 0.196. The Balaban J connectivity index is 1.74. The van der Waals surface area contributed by atoms with E-state index in [4.69, 9.17) is 14.5 Å². The lowest BCUT2D eigenvalue weighted by atomic mass is 9.94. The van der Waals surface area contributed by atoms with Crippen molar-refractivity contribution >= 4 is 23.4 Å². The quantitative estimate of drug-likeness (QED) is 0.287. The molecule has 0 saturated carbocycles. The molecule has 0 amide bonds. The average Bonchev–Trinajstić information content (AvgIpc) is 3.42. The lowest BCUT2D eigenvalue weighted by molar-refractivity contribution is -0.139. The van der Waals surface area contributed by atoms with Crippen molar-refractivity contribution in [1.82, 2.24) is 9.13 Å². The zero-order valence-corrected chi connectivity index (χ0v) is 24.2. The molecule has 0 spiro atoms. The van der Waals surface area contributed by atoms with E-state index in [2.05, 4.69) is 36.6 Å². The number of ether oxygens (including phenoxy) is 2. The summed E-state index contributed by atoms with van der Waals surface area (Å²) in [5.41, 5.74) is 5.77. The zero-order valence-electron chi connectivity index (χ0n) is 23.4. The van der Waals surface area contributed by atoms with Gasteiger partial charge in [0.2, 0.25) is 0 Å². The molecule has 0 radical (unpaired) electrons. The Kier molecular flexibility index (Phi) is 7.89. The Labute approximate surface area is 237 Å². The minimum atomic E-state index is -0.675. The number of nitrogens with zero attached hydrogens (tertiary/aromatic N) is 3. The van der Waals surface area contributed by atoms with Crippen LogP contribution in [0.1, 0.15) is 55.2 Å². The number of aromatic nitrogens is 2. The Morgan fingerprint density at radius 3 is 2.55 bits per heavy atom. The minimum Gasteiger partial charge on any atom is -0.497 e. The van der Waals surface area contributed by atoms with Gasteiger partial charge in [0, 0.05) is 17.1 Å². The maximum Gasteiger partial charge on any atom is 0.338 e. The van der Waals surface area contributed by atoms with Crippen LogP contribution in [0.2, 0.25) is 0 Å². The molecule has 0 bridgehead atoms. The molecule has 2 aromatic heterocycles. The maximum atomic E-state index is 14.1. The summed E-state index contributed by atoms with van der Waals surface area (Å²) in [7, 11) is 1.60. The number of rotatable bonds is 8. The Bertz CT molecular complexity index is 1780. The van der Waals surface area contributed by atoms with Crippen LogP contribution in [0.25, 0.3) is 11.8 Å². The van der Waals surface area contributed by atoms with E-state index in [9.17, 15) is 9.59 Å². The summed E-state index contributed by atoms with van der Waals surface area (Å²) in [6.07, 6.45) is 3.33. The molecule has 4 aromatic rings. The largest absolute Gasteiger partial charge is 0.497 e. The molecule has 40 heavy (non-hydrogen) atoms. The number of allylic oxidation sites excluding steroid dienone is 1. The van der Waals surface area contributed by atoms with Crippen molar-refractivity contribution in [1.29, 1.82) is 0 Å². The van der Waals surface area contributed by atoms with Crippen molar-refractivity contribution in [3.63, 3.8) is 0 Å². The summed E-state index contributed by atoms with van der Waals surface area (Å²) in [6.45, 7) is 8.17. The third-order valence-corrected chi connectivity index (χ3v) is 8.06. The fourth-order valence-corrected chi connectivity index (χ4v) is 6.31. The number of hydrogen-bond donors (Lipinski definition) is 0. The lowest BCUT2D eigenvalue weighted by Crippen LogP contribution is -2.40. The maximum absolute atomic E-state index is 14.1. The first-order chi connectivity index (χ1) is 19.4. The summed E-state index contributed by atoms with van der Waals surface area (Å²) in [4.78, 5) is 32.9. The number of carbonyl (C=O) groups excluding carboxylic acids is 1. The Morgan fingerprint density at radius 2 is 1.85 bits per heavy atom. The van der Waals surface area contributed by atoms with Crippen molar-refractivity contribution in [2.45, 2.75) is 46.6 Å². The normalized spacial score (nSPS) is 15.1. The van der Waals surface area contributed by atoms with E-state index in [0.29, 0.717) is 32.8 Å². The van der Waals surface area contributed by atoms with Crippen molar-refractivity contribution in [3.05, 3.63) is 114 Å². The van der Waals surface area contributed by atoms with Crippen molar-refractivity contribution < 1.29 is 14.3 Å². The van der Waals surface area contributed by atoms with Gasteiger partial charge in [-0.3, -0.25) is 9.36 Å².